The van der Waals surface area contributed by atoms with Crippen LogP contribution >= 0.6 is 0 Å². The standard InChI is InChI=1S/C20H26N4O3/c1-12(2)11-14-17(18(25)21-20(3,4)5)27-19(26)16-15(22-23-24(14)16)13-9-7-6-8-10-13/h6-10,12,14,17H,11H2,1-5H3,(H,21,25). The molecule has 0 spiro atoms. The van der Waals surface area contributed by atoms with E-state index in [1.54, 1.807) is 4.68 Å². The van der Waals surface area contributed by atoms with E-state index in [1.165, 1.54) is 0 Å². The molecule has 2 aromatic rings. The quantitative estimate of drug-likeness (QED) is 0.836. The second-order valence-corrected chi connectivity index (χ2v) is 8.36. The third-order valence-corrected chi connectivity index (χ3v) is 4.30. The Morgan fingerprint density at radius 3 is 2.52 bits per heavy atom. The first-order valence-corrected chi connectivity index (χ1v) is 9.21. The highest BCUT2D eigenvalue weighted by Crippen LogP contribution is 2.34. The lowest BCUT2D eigenvalue weighted by molar-refractivity contribution is -0.135. The Kier molecular flexibility index (Phi) is 5.04. The summed E-state index contributed by atoms with van der Waals surface area (Å²) in [4.78, 5) is 25.5. The Bertz CT molecular complexity index is 837. The second kappa shape index (κ2) is 7.13. The fourth-order valence-electron chi connectivity index (χ4n) is 3.26. The molecule has 1 N–H and O–H groups in total. The first-order valence-electron chi connectivity index (χ1n) is 9.21. The molecular weight excluding hydrogens is 344 g/mol. The van der Waals surface area contributed by atoms with E-state index >= 15 is 0 Å². The summed E-state index contributed by atoms with van der Waals surface area (Å²) in [5, 5.41) is 11.4. The maximum absolute atomic E-state index is 12.8. The number of fused-ring (bicyclic) bond motifs is 1. The molecular formula is C20H26N4O3. The predicted octanol–water partition coefficient (Wildman–Crippen LogP) is 2.99. The van der Waals surface area contributed by atoms with E-state index in [0.717, 1.165) is 5.56 Å². The number of aromatic nitrogens is 3. The van der Waals surface area contributed by atoms with Crippen LogP contribution in [0, 0.1) is 5.92 Å². The van der Waals surface area contributed by atoms with Gasteiger partial charge in [-0.05, 0) is 33.1 Å². The SMILES string of the molecule is CC(C)CC1C(C(=O)NC(C)(C)C)OC(=O)c2c(-c3ccccc3)nnn21. The van der Waals surface area contributed by atoms with Gasteiger partial charge >= 0.3 is 5.97 Å². The minimum atomic E-state index is -0.933. The Morgan fingerprint density at radius 2 is 1.93 bits per heavy atom. The molecule has 0 fully saturated rings. The summed E-state index contributed by atoms with van der Waals surface area (Å²) in [6, 6.07) is 8.99. The van der Waals surface area contributed by atoms with Crippen molar-refractivity contribution >= 4 is 11.9 Å². The fourth-order valence-corrected chi connectivity index (χ4v) is 3.26. The van der Waals surface area contributed by atoms with Crippen LogP contribution in [0.15, 0.2) is 30.3 Å². The monoisotopic (exact) mass is 370 g/mol. The highest BCUT2D eigenvalue weighted by Gasteiger charge is 2.43. The number of hydrogen-bond acceptors (Lipinski definition) is 5. The number of amides is 1. The van der Waals surface area contributed by atoms with Crippen LogP contribution in [-0.4, -0.2) is 38.5 Å². The molecule has 1 amide bonds. The number of ether oxygens (including phenoxy) is 1. The van der Waals surface area contributed by atoms with Crippen LogP contribution in [0.5, 0.6) is 0 Å². The van der Waals surface area contributed by atoms with Crippen LogP contribution < -0.4 is 5.32 Å². The minimum absolute atomic E-state index is 0.286. The molecule has 1 aliphatic heterocycles. The topological polar surface area (TPSA) is 86.1 Å². The maximum atomic E-state index is 12.8. The summed E-state index contributed by atoms with van der Waals surface area (Å²) in [5.74, 6) is -0.606. The summed E-state index contributed by atoms with van der Waals surface area (Å²) in [7, 11) is 0. The second-order valence-electron chi connectivity index (χ2n) is 8.36. The lowest BCUT2D eigenvalue weighted by Crippen LogP contribution is -2.52. The zero-order chi connectivity index (χ0) is 19.8. The zero-order valence-electron chi connectivity index (χ0n) is 16.4. The Hall–Kier alpha value is -2.70. The van der Waals surface area contributed by atoms with Gasteiger partial charge in [0.05, 0.1) is 0 Å². The predicted molar refractivity (Wildman–Crippen MR) is 101 cm³/mol. The summed E-state index contributed by atoms with van der Waals surface area (Å²) in [6.45, 7) is 9.79. The van der Waals surface area contributed by atoms with E-state index in [2.05, 4.69) is 29.5 Å². The van der Waals surface area contributed by atoms with Crippen molar-refractivity contribution in [3.8, 4) is 11.3 Å². The van der Waals surface area contributed by atoms with Crippen molar-refractivity contribution in [1.82, 2.24) is 20.3 Å². The van der Waals surface area contributed by atoms with Crippen molar-refractivity contribution in [1.29, 1.82) is 0 Å². The first kappa shape index (κ1) is 19.1. The summed E-state index contributed by atoms with van der Waals surface area (Å²) in [6.07, 6.45) is -0.294. The van der Waals surface area contributed by atoms with E-state index in [9.17, 15) is 9.59 Å². The molecule has 1 aromatic heterocycles. The Labute approximate surface area is 159 Å². The fraction of sp³-hybridized carbons (Fsp3) is 0.500. The van der Waals surface area contributed by atoms with Gasteiger partial charge in [-0.1, -0.05) is 49.4 Å². The highest BCUT2D eigenvalue weighted by atomic mass is 16.6. The number of carbonyl (C=O) groups is 2. The van der Waals surface area contributed by atoms with Gasteiger partial charge in [0.1, 0.15) is 11.7 Å². The van der Waals surface area contributed by atoms with Gasteiger partial charge in [0.15, 0.2) is 5.69 Å². The molecule has 2 unspecified atom stereocenters. The summed E-state index contributed by atoms with van der Waals surface area (Å²) >= 11 is 0. The lowest BCUT2D eigenvalue weighted by Gasteiger charge is -2.34. The number of rotatable bonds is 4. The van der Waals surface area contributed by atoms with Crippen LogP contribution in [-0.2, 0) is 9.53 Å². The molecule has 144 valence electrons. The van der Waals surface area contributed by atoms with E-state index in [-0.39, 0.29) is 11.8 Å². The smallest absolute Gasteiger partial charge is 0.359 e. The van der Waals surface area contributed by atoms with Gasteiger partial charge in [0.25, 0.3) is 5.91 Å². The molecule has 7 heteroatoms. The third-order valence-electron chi connectivity index (χ3n) is 4.30. The van der Waals surface area contributed by atoms with Gasteiger partial charge in [0, 0.05) is 11.1 Å². The molecule has 0 radical (unpaired) electrons. The molecule has 0 aliphatic carbocycles. The maximum Gasteiger partial charge on any atom is 0.359 e. The molecule has 0 saturated carbocycles. The highest BCUT2D eigenvalue weighted by molar-refractivity contribution is 5.97. The van der Waals surface area contributed by atoms with Gasteiger partial charge < -0.3 is 10.1 Å². The molecule has 2 atom stereocenters. The molecule has 1 aliphatic rings. The van der Waals surface area contributed by atoms with Gasteiger partial charge in [-0.15, -0.1) is 5.10 Å². The van der Waals surface area contributed by atoms with Crippen molar-refractivity contribution in [2.24, 2.45) is 5.92 Å². The van der Waals surface area contributed by atoms with Crippen LogP contribution in [0.3, 0.4) is 0 Å². The number of hydrogen-bond donors (Lipinski definition) is 1. The Morgan fingerprint density at radius 1 is 1.26 bits per heavy atom. The van der Waals surface area contributed by atoms with Gasteiger partial charge in [-0.2, -0.15) is 0 Å². The van der Waals surface area contributed by atoms with Crippen molar-refractivity contribution in [2.45, 2.75) is 58.7 Å². The minimum Gasteiger partial charge on any atom is -0.445 e. The number of carbonyl (C=O) groups excluding carboxylic acids is 2. The average molecular weight is 370 g/mol. The molecule has 0 saturated heterocycles. The van der Waals surface area contributed by atoms with Crippen LogP contribution in [0.1, 0.15) is 57.6 Å². The van der Waals surface area contributed by atoms with Crippen molar-refractivity contribution in [2.75, 3.05) is 0 Å². The van der Waals surface area contributed by atoms with Crippen molar-refractivity contribution in [3.05, 3.63) is 36.0 Å². The number of benzene rings is 1. The van der Waals surface area contributed by atoms with Crippen molar-refractivity contribution < 1.29 is 14.3 Å². The molecule has 7 nitrogen and oxygen atoms in total. The molecule has 0 bridgehead atoms. The van der Waals surface area contributed by atoms with Crippen LogP contribution in [0.2, 0.25) is 0 Å². The number of nitrogens with one attached hydrogen (secondary N) is 1. The lowest BCUT2D eigenvalue weighted by atomic mass is 9.96. The summed E-state index contributed by atoms with van der Waals surface area (Å²) < 4.78 is 7.17. The number of cyclic esters (lactones) is 1. The molecule has 27 heavy (non-hydrogen) atoms. The van der Waals surface area contributed by atoms with Gasteiger partial charge in [-0.3, -0.25) is 4.79 Å². The third kappa shape index (κ3) is 4.02. The van der Waals surface area contributed by atoms with Crippen molar-refractivity contribution in [3.63, 3.8) is 0 Å². The zero-order valence-corrected chi connectivity index (χ0v) is 16.4. The van der Waals surface area contributed by atoms with Gasteiger partial charge in [0.2, 0.25) is 6.10 Å². The van der Waals surface area contributed by atoms with E-state index in [0.29, 0.717) is 17.8 Å². The average Bonchev–Trinajstić information content (AvgIpc) is 3.02. The normalized spacial score (nSPS) is 19.6. The molecule has 3 rings (SSSR count). The molecule has 1 aromatic carbocycles. The van der Waals surface area contributed by atoms with E-state index in [4.69, 9.17) is 4.74 Å². The van der Waals surface area contributed by atoms with Crippen LogP contribution in [0.25, 0.3) is 11.3 Å². The summed E-state index contributed by atoms with van der Waals surface area (Å²) in [5.41, 5.74) is 1.14. The van der Waals surface area contributed by atoms with E-state index in [1.807, 2.05) is 51.1 Å². The number of esters is 1. The molecule has 2 heterocycles. The Balaban J connectivity index is 2.03. The van der Waals surface area contributed by atoms with E-state index < -0.39 is 23.7 Å². The first-order chi connectivity index (χ1) is 12.7. The van der Waals surface area contributed by atoms with Crippen LogP contribution in [0.4, 0.5) is 0 Å². The van der Waals surface area contributed by atoms with Gasteiger partial charge in [-0.25, -0.2) is 9.48 Å². The number of nitrogens with zero attached hydrogens (tertiary/aromatic N) is 3. The largest absolute Gasteiger partial charge is 0.445 e.